The predicted octanol–water partition coefficient (Wildman–Crippen LogP) is 2.35. The Labute approximate surface area is 121 Å². The monoisotopic (exact) mass is 302 g/mol. The molecule has 20 heavy (non-hydrogen) atoms. The first kappa shape index (κ1) is 17.1. The van der Waals surface area contributed by atoms with Gasteiger partial charge in [-0.15, -0.1) is 0 Å². The third-order valence-corrected chi connectivity index (χ3v) is 5.35. The number of sulfonamides is 1. The van der Waals surface area contributed by atoms with E-state index in [0.29, 0.717) is 6.54 Å². The highest BCUT2D eigenvalue weighted by Crippen LogP contribution is 2.22. The lowest BCUT2D eigenvalue weighted by atomic mass is 10.2. The van der Waals surface area contributed by atoms with Gasteiger partial charge in [0.1, 0.15) is 10.7 Å². The average Bonchev–Trinajstić information content (AvgIpc) is 2.40. The van der Waals surface area contributed by atoms with Crippen molar-refractivity contribution in [3.05, 3.63) is 29.6 Å². The molecule has 0 bridgehead atoms. The molecule has 0 saturated carbocycles. The molecule has 0 aliphatic carbocycles. The number of nitrogens with zero attached hydrogens (tertiary/aromatic N) is 1. The van der Waals surface area contributed by atoms with Crippen molar-refractivity contribution >= 4 is 10.0 Å². The van der Waals surface area contributed by atoms with E-state index in [0.717, 1.165) is 18.4 Å². The van der Waals surface area contributed by atoms with Crippen LogP contribution >= 0.6 is 0 Å². The van der Waals surface area contributed by atoms with Crippen molar-refractivity contribution < 1.29 is 12.8 Å². The summed E-state index contributed by atoms with van der Waals surface area (Å²) in [4.78, 5) is -0.254. The van der Waals surface area contributed by atoms with E-state index in [4.69, 9.17) is 0 Å². The molecule has 0 aliphatic heterocycles. The summed E-state index contributed by atoms with van der Waals surface area (Å²) in [5.41, 5.74) is 0.740. The lowest BCUT2D eigenvalue weighted by Crippen LogP contribution is -2.35. The van der Waals surface area contributed by atoms with Crippen LogP contribution < -0.4 is 5.32 Å². The van der Waals surface area contributed by atoms with Crippen molar-refractivity contribution in [3.8, 4) is 0 Å². The van der Waals surface area contributed by atoms with Crippen LogP contribution in [0.25, 0.3) is 0 Å². The summed E-state index contributed by atoms with van der Waals surface area (Å²) in [5, 5.41) is 2.92. The van der Waals surface area contributed by atoms with Gasteiger partial charge in [-0.05, 0) is 38.1 Å². The highest BCUT2D eigenvalue weighted by molar-refractivity contribution is 7.89. The molecule has 1 atom stereocenters. The Morgan fingerprint density at radius 2 is 2.05 bits per heavy atom. The first-order valence-corrected chi connectivity index (χ1v) is 8.19. The van der Waals surface area contributed by atoms with Crippen LogP contribution in [0.2, 0.25) is 0 Å². The van der Waals surface area contributed by atoms with Crippen LogP contribution in [0.1, 0.15) is 32.3 Å². The molecule has 114 valence electrons. The van der Waals surface area contributed by atoms with Crippen molar-refractivity contribution in [2.24, 2.45) is 0 Å². The SMILES string of the molecule is CCCC(C)N(C)S(=O)(=O)c1cc(CNC)ccc1F. The molecule has 0 fully saturated rings. The zero-order valence-corrected chi connectivity index (χ0v) is 13.3. The number of nitrogens with one attached hydrogen (secondary N) is 1. The van der Waals surface area contributed by atoms with E-state index in [9.17, 15) is 12.8 Å². The van der Waals surface area contributed by atoms with Crippen molar-refractivity contribution in [2.75, 3.05) is 14.1 Å². The lowest BCUT2D eigenvalue weighted by Gasteiger charge is -2.24. The summed E-state index contributed by atoms with van der Waals surface area (Å²) >= 11 is 0. The number of hydrogen-bond donors (Lipinski definition) is 1. The fourth-order valence-corrected chi connectivity index (χ4v) is 3.56. The molecule has 0 radical (unpaired) electrons. The molecule has 0 spiro atoms. The van der Waals surface area contributed by atoms with Gasteiger partial charge in [-0.1, -0.05) is 19.4 Å². The second-order valence-corrected chi connectivity index (χ2v) is 6.92. The highest BCUT2D eigenvalue weighted by Gasteiger charge is 2.27. The van der Waals surface area contributed by atoms with E-state index in [1.54, 1.807) is 13.1 Å². The Balaban J connectivity index is 3.17. The van der Waals surface area contributed by atoms with E-state index in [2.05, 4.69) is 5.32 Å². The first-order chi connectivity index (χ1) is 9.34. The third-order valence-electron chi connectivity index (χ3n) is 3.36. The van der Waals surface area contributed by atoms with Crippen LogP contribution in [0.4, 0.5) is 4.39 Å². The van der Waals surface area contributed by atoms with E-state index < -0.39 is 15.8 Å². The van der Waals surface area contributed by atoms with E-state index in [-0.39, 0.29) is 10.9 Å². The van der Waals surface area contributed by atoms with Crippen molar-refractivity contribution in [1.29, 1.82) is 0 Å². The summed E-state index contributed by atoms with van der Waals surface area (Å²) < 4.78 is 40.1. The minimum atomic E-state index is -3.80. The van der Waals surface area contributed by atoms with E-state index >= 15 is 0 Å². The highest BCUT2D eigenvalue weighted by atomic mass is 32.2. The van der Waals surface area contributed by atoms with Gasteiger partial charge in [0.25, 0.3) is 0 Å². The van der Waals surface area contributed by atoms with Gasteiger partial charge in [0, 0.05) is 19.6 Å². The van der Waals surface area contributed by atoms with Crippen LogP contribution in [0, 0.1) is 5.82 Å². The maximum Gasteiger partial charge on any atom is 0.245 e. The molecule has 4 nitrogen and oxygen atoms in total. The zero-order valence-electron chi connectivity index (χ0n) is 12.5. The maximum absolute atomic E-state index is 13.9. The molecule has 0 heterocycles. The minimum Gasteiger partial charge on any atom is -0.316 e. The molecule has 0 saturated heterocycles. The van der Waals surface area contributed by atoms with Crippen molar-refractivity contribution in [2.45, 2.75) is 44.2 Å². The molecular weight excluding hydrogens is 279 g/mol. The number of rotatable bonds is 7. The van der Waals surface area contributed by atoms with Gasteiger partial charge in [-0.3, -0.25) is 0 Å². The molecule has 1 aromatic carbocycles. The second kappa shape index (κ2) is 7.15. The quantitative estimate of drug-likeness (QED) is 0.841. The smallest absolute Gasteiger partial charge is 0.245 e. The molecule has 0 aromatic heterocycles. The minimum absolute atomic E-state index is 0.155. The average molecular weight is 302 g/mol. The number of hydrogen-bond acceptors (Lipinski definition) is 3. The second-order valence-electron chi connectivity index (χ2n) is 4.95. The molecule has 0 aliphatic rings. The molecule has 1 rings (SSSR count). The Morgan fingerprint density at radius 3 is 2.60 bits per heavy atom. The molecular formula is C14H23FN2O2S. The fourth-order valence-electron chi connectivity index (χ4n) is 2.05. The standard InChI is InChI=1S/C14H23FN2O2S/c1-5-6-11(2)17(4)20(18,19)14-9-12(10-16-3)7-8-13(14)15/h7-9,11,16H,5-6,10H2,1-4H3. The summed E-state index contributed by atoms with van der Waals surface area (Å²) in [7, 11) is -0.545. The maximum atomic E-state index is 13.9. The van der Waals surface area contributed by atoms with Gasteiger partial charge in [0.15, 0.2) is 0 Å². The summed E-state index contributed by atoms with van der Waals surface area (Å²) in [6, 6.07) is 4.03. The zero-order chi connectivity index (χ0) is 15.3. The molecule has 0 amide bonds. The third kappa shape index (κ3) is 3.77. The lowest BCUT2D eigenvalue weighted by molar-refractivity contribution is 0.366. The van der Waals surface area contributed by atoms with Crippen molar-refractivity contribution in [3.63, 3.8) is 0 Å². The topological polar surface area (TPSA) is 49.4 Å². The van der Waals surface area contributed by atoms with Crippen LogP contribution in [0.15, 0.2) is 23.1 Å². The predicted molar refractivity (Wildman–Crippen MR) is 78.5 cm³/mol. The summed E-state index contributed by atoms with van der Waals surface area (Å²) in [5.74, 6) is -0.708. The van der Waals surface area contributed by atoms with Gasteiger partial charge < -0.3 is 5.32 Å². The Kier molecular flexibility index (Phi) is 6.10. The Hall–Kier alpha value is -0.980. The molecule has 1 aromatic rings. The largest absolute Gasteiger partial charge is 0.316 e. The van der Waals surface area contributed by atoms with Gasteiger partial charge in [-0.2, -0.15) is 4.31 Å². The number of halogens is 1. The summed E-state index contributed by atoms with van der Waals surface area (Å²) in [6.45, 7) is 4.32. The van der Waals surface area contributed by atoms with Crippen LogP contribution in [-0.2, 0) is 16.6 Å². The normalized spacial score (nSPS) is 13.7. The molecule has 6 heteroatoms. The summed E-state index contributed by atoms with van der Waals surface area (Å²) in [6.07, 6.45) is 1.62. The van der Waals surface area contributed by atoms with Crippen LogP contribution in [0.5, 0.6) is 0 Å². The number of benzene rings is 1. The Morgan fingerprint density at radius 1 is 1.40 bits per heavy atom. The van der Waals surface area contributed by atoms with Gasteiger partial charge in [0.05, 0.1) is 0 Å². The van der Waals surface area contributed by atoms with E-state index in [1.165, 1.54) is 23.5 Å². The van der Waals surface area contributed by atoms with Gasteiger partial charge in [0.2, 0.25) is 10.0 Å². The Bertz CT molecular complexity index is 546. The van der Waals surface area contributed by atoms with Gasteiger partial charge in [-0.25, -0.2) is 12.8 Å². The molecule has 1 N–H and O–H groups in total. The first-order valence-electron chi connectivity index (χ1n) is 6.75. The van der Waals surface area contributed by atoms with Crippen molar-refractivity contribution in [1.82, 2.24) is 9.62 Å². The van der Waals surface area contributed by atoms with E-state index in [1.807, 2.05) is 13.8 Å². The molecule has 1 unspecified atom stereocenters. The van der Waals surface area contributed by atoms with Gasteiger partial charge >= 0.3 is 0 Å². The van der Waals surface area contributed by atoms with Crippen LogP contribution in [0.3, 0.4) is 0 Å². The fraction of sp³-hybridized carbons (Fsp3) is 0.571. The van der Waals surface area contributed by atoms with Crippen LogP contribution in [-0.4, -0.2) is 32.9 Å².